The molecule has 4 rings (SSSR count). The number of fused-ring (bicyclic) bond motifs is 2. The van der Waals surface area contributed by atoms with E-state index >= 15 is 0 Å². The fraction of sp³-hybridized carbons (Fsp3) is 0.176. The summed E-state index contributed by atoms with van der Waals surface area (Å²) in [5.41, 5.74) is 3.27. The Balaban J connectivity index is 1.50. The molecule has 1 aromatic carbocycles. The lowest BCUT2D eigenvalue weighted by Gasteiger charge is -2.04. The molecule has 1 N–H and O–H groups in total. The minimum Gasteiger partial charge on any atom is -0.454 e. The van der Waals surface area contributed by atoms with Gasteiger partial charge in [0, 0.05) is 22.4 Å². The van der Waals surface area contributed by atoms with Gasteiger partial charge in [0.1, 0.15) is 5.65 Å². The lowest BCUT2D eigenvalue weighted by Crippen LogP contribution is -2.22. The van der Waals surface area contributed by atoms with Crippen molar-refractivity contribution >= 4 is 27.5 Å². The normalized spacial score (nSPS) is 12.6. The van der Waals surface area contributed by atoms with Gasteiger partial charge in [-0.15, -0.1) is 0 Å². The van der Waals surface area contributed by atoms with Crippen LogP contribution in [0.4, 0.5) is 0 Å². The van der Waals surface area contributed by atoms with Crippen molar-refractivity contribution in [2.75, 3.05) is 6.79 Å². The number of carbonyl (C=O) groups is 1. The van der Waals surface area contributed by atoms with Gasteiger partial charge < -0.3 is 19.2 Å². The van der Waals surface area contributed by atoms with Crippen LogP contribution in [-0.4, -0.2) is 22.1 Å². The Morgan fingerprint density at radius 1 is 1.29 bits per heavy atom. The van der Waals surface area contributed by atoms with Crippen LogP contribution >= 0.6 is 15.9 Å². The number of halogens is 1. The average Bonchev–Trinajstić information content (AvgIpc) is 3.17. The fourth-order valence-electron chi connectivity index (χ4n) is 2.67. The molecule has 6 nitrogen and oxygen atoms in total. The summed E-state index contributed by atoms with van der Waals surface area (Å²) in [6.07, 6.45) is 3.85. The van der Waals surface area contributed by atoms with Gasteiger partial charge in [0.25, 0.3) is 5.91 Å². The largest absolute Gasteiger partial charge is 0.454 e. The van der Waals surface area contributed by atoms with Gasteiger partial charge in [0.2, 0.25) is 6.79 Å². The first-order chi connectivity index (χ1) is 11.6. The zero-order valence-electron chi connectivity index (χ0n) is 12.9. The molecule has 0 saturated heterocycles. The number of hydrogen-bond acceptors (Lipinski definition) is 4. The molecule has 7 heteroatoms. The molecule has 24 heavy (non-hydrogen) atoms. The summed E-state index contributed by atoms with van der Waals surface area (Å²) in [4.78, 5) is 16.9. The highest BCUT2D eigenvalue weighted by atomic mass is 79.9. The van der Waals surface area contributed by atoms with E-state index in [0.717, 1.165) is 21.4 Å². The molecule has 0 bridgehead atoms. The topological polar surface area (TPSA) is 64.9 Å². The number of rotatable bonds is 3. The summed E-state index contributed by atoms with van der Waals surface area (Å²) < 4.78 is 13.5. The minimum atomic E-state index is -0.178. The van der Waals surface area contributed by atoms with Gasteiger partial charge in [0.15, 0.2) is 11.5 Å². The molecule has 3 heterocycles. The molecule has 0 unspecified atom stereocenters. The number of benzene rings is 1. The number of amides is 1. The number of carbonyl (C=O) groups excluding carboxylic acids is 1. The summed E-state index contributed by atoms with van der Waals surface area (Å²) in [6.45, 7) is 2.55. The summed E-state index contributed by atoms with van der Waals surface area (Å²) in [7, 11) is 0. The SMILES string of the molecule is Cc1cc(Br)cn2cc(CNC(=O)c3ccc4c(c3)OCO4)nc12. The predicted octanol–water partition coefficient (Wildman–Crippen LogP) is 3.06. The van der Waals surface area contributed by atoms with E-state index in [1.54, 1.807) is 18.2 Å². The fourth-order valence-corrected chi connectivity index (χ4v) is 3.24. The molecule has 0 atom stereocenters. The standard InChI is InChI=1S/C17H14BrN3O3/c1-10-4-12(18)7-21-8-13(20-16(10)21)6-19-17(22)11-2-3-14-15(5-11)24-9-23-14/h2-5,7-8H,6,9H2,1H3,(H,19,22). The second kappa shape index (κ2) is 5.83. The summed E-state index contributed by atoms with van der Waals surface area (Å²) >= 11 is 3.47. The molecule has 3 aromatic rings. The first-order valence-corrected chi connectivity index (χ1v) is 8.21. The smallest absolute Gasteiger partial charge is 0.251 e. The highest BCUT2D eigenvalue weighted by Crippen LogP contribution is 2.32. The van der Waals surface area contributed by atoms with E-state index in [0.29, 0.717) is 23.6 Å². The van der Waals surface area contributed by atoms with E-state index in [9.17, 15) is 4.79 Å². The predicted molar refractivity (Wildman–Crippen MR) is 91.4 cm³/mol. The average molecular weight is 388 g/mol. The van der Waals surface area contributed by atoms with Crippen LogP contribution in [-0.2, 0) is 6.54 Å². The van der Waals surface area contributed by atoms with Gasteiger partial charge in [-0.25, -0.2) is 4.98 Å². The monoisotopic (exact) mass is 387 g/mol. The van der Waals surface area contributed by atoms with Crippen LogP contribution < -0.4 is 14.8 Å². The minimum absolute atomic E-state index is 0.178. The number of aromatic nitrogens is 2. The van der Waals surface area contributed by atoms with Crippen molar-refractivity contribution in [1.82, 2.24) is 14.7 Å². The highest BCUT2D eigenvalue weighted by molar-refractivity contribution is 9.10. The number of pyridine rings is 1. The zero-order chi connectivity index (χ0) is 16.7. The van der Waals surface area contributed by atoms with Gasteiger partial charge in [-0.1, -0.05) is 0 Å². The Morgan fingerprint density at radius 2 is 2.12 bits per heavy atom. The highest BCUT2D eigenvalue weighted by Gasteiger charge is 2.16. The molecule has 1 amide bonds. The molecule has 1 aliphatic heterocycles. The number of imidazole rings is 1. The van der Waals surface area contributed by atoms with Gasteiger partial charge in [0.05, 0.1) is 12.2 Å². The summed E-state index contributed by atoms with van der Waals surface area (Å²) in [5.74, 6) is 1.08. The zero-order valence-corrected chi connectivity index (χ0v) is 14.5. The molecule has 122 valence electrons. The van der Waals surface area contributed by atoms with Crippen LogP contribution in [0.5, 0.6) is 11.5 Å². The third kappa shape index (κ3) is 2.71. The lowest BCUT2D eigenvalue weighted by atomic mass is 10.2. The van der Waals surface area contributed by atoms with Crippen molar-refractivity contribution in [3.8, 4) is 11.5 Å². The van der Waals surface area contributed by atoms with E-state index < -0.39 is 0 Å². The Kier molecular flexibility index (Phi) is 3.65. The van der Waals surface area contributed by atoms with Gasteiger partial charge in [-0.05, 0) is 52.7 Å². The third-order valence-electron chi connectivity index (χ3n) is 3.82. The summed E-state index contributed by atoms with van der Waals surface area (Å²) in [5, 5.41) is 2.88. The van der Waals surface area contributed by atoms with Crippen LogP contribution in [0, 0.1) is 6.92 Å². The number of aryl methyl sites for hydroxylation is 1. The van der Waals surface area contributed by atoms with E-state index in [1.165, 1.54) is 0 Å². The molecular formula is C17H14BrN3O3. The maximum atomic E-state index is 12.3. The quantitative estimate of drug-likeness (QED) is 0.749. The van der Waals surface area contributed by atoms with Crippen LogP contribution in [0.25, 0.3) is 5.65 Å². The van der Waals surface area contributed by atoms with Crippen LogP contribution in [0.15, 0.2) is 41.1 Å². The Hall–Kier alpha value is -2.54. The number of nitrogens with one attached hydrogen (secondary N) is 1. The first-order valence-electron chi connectivity index (χ1n) is 7.42. The van der Waals surface area contributed by atoms with Crippen LogP contribution in [0.1, 0.15) is 21.6 Å². The molecule has 0 fully saturated rings. The van der Waals surface area contributed by atoms with Crippen molar-refractivity contribution in [2.24, 2.45) is 0 Å². The maximum absolute atomic E-state index is 12.3. The van der Waals surface area contributed by atoms with Gasteiger partial charge >= 0.3 is 0 Å². The van der Waals surface area contributed by atoms with E-state index in [1.807, 2.05) is 29.8 Å². The molecule has 1 aliphatic rings. The Morgan fingerprint density at radius 3 is 3.00 bits per heavy atom. The van der Waals surface area contributed by atoms with E-state index in [2.05, 4.69) is 26.2 Å². The number of nitrogens with zero attached hydrogens (tertiary/aromatic N) is 2. The van der Waals surface area contributed by atoms with Crippen molar-refractivity contribution in [1.29, 1.82) is 0 Å². The molecule has 2 aromatic heterocycles. The van der Waals surface area contributed by atoms with Crippen molar-refractivity contribution in [3.63, 3.8) is 0 Å². The molecule has 0 radical (unpaired) electrons. The van der Waals surface area contributed by atoms with Crippen molar-refractivity contribution in [2.45, 2.75) is 13.5 Å². The maximum Gasteiger partial charge on any atom is 0.251 e. The van der Waals surface area contributed by atoms with Crippen molar-refractivity contribution in [3.05, 3.63) is 58.0 Å². The third-order valence-corrected chi connectivity index (χ3v) is 4.25. The summed E-state index contributed by atoms with van der Waals surface area (Å²) in [6, 6.07) is 7.15. The molecule has 0 spiro atoms. The molecular weight excluding hydrogens is 374 g/mol. The molecule has 0 saturated carbocycles. The second-order valence-corrected chi connectivity index (χ2v) is 6.47. The Labute approximate surface area is 146 Å². The second-order valence-electron chi connectivity index (χ2n) is 5.56. The number of ether oxygens (including phenoxy) is 2. The molecule has 0 aliphatic carbocycles. The first kappa shape index (κ1) is 15.0. The van der Waals surface area contributed by atoms with Crippen LogP contribution in [0.2, 0.25) is 0 Å². The Bertz CT molecular complexity index is 952. The van der Waals surface area contributed by atoms with Crippen molar-refractivity contribution < 1.29 is 14.3 Å². The lowest BCUT2D eigenvalue weighted by molar-refractivity contribution is 0.0950. The van der Waals surface area contributed by atoms with Crippen LogP contribution in [0.3, 0.4) is 0 Å². The number of hydrogen-bond donors (Lipinski definition) is 1. The van der Waals surface area contributed by atoms with Gasteiger partial charge in [-0.2, -0.15) is 0 Å². The van der Waals surface area contributed by atoms with Gasteiger partial charge in [-0.3, -0.25) is 4.79 Å². The van der Waals surface area contributed by atoms with E-state index in [4.69, 9.17) is 9.47 Å². The van der Waals surface area contributed by atoms with E-state index in [-0.39, 0.29) is 12.7 Å².